The van der Waals surface area contributed by atoms with E-state index in [1.807, 2.05) is 29.1 Å². The Morgan fingerprint density at radius 2 is 1.68 bits per heavy atom. The third-order valence-corrected chi connectivity index (χ3v) is 6.69. The first kappa shape index (κ1) is 31.1. The number of carboxylic acids is 3. The van der Waals surface area contributed by atoms with E-state index in [1.165, 1.54) is 12.5 Å². The van der Waals surface area contributed by atoms with Crippen molar-refractivity contribution < 1.29 is 48.7 Å². The Morgan fingerprint density at radius 1 is 0.975 bits per heavy atom. The highest BCUT2D eigenvalue weighted by Crippen LogP contribution is 2.25. The lowest BCUT2D eigenvalue weighted by atomic mass is 9.96. The predicted octanol–water partition coefficient (Wildman–Crippen LogP) is 2.65. The SMILES string of the molecule is Fc1ccccc1CN(Cc1ccnn1C1CCCCO1)CC1CCCO1.O=C(O)CC(O)(CC(=O)O)C(=O)O. The van der Waals surface area contributed by atoms with Crippen molar-refractivity contribution in [1.29, 1.82) is 0 Å². The second-order valence-corrected chi connectivity index (χ2v) is 9.96. The molecule has 2 aliphatic heterocycles. The summed E-state index contributed by atoms with van der Waals surface area (Å²) in [5.41, 5.74) is -0.913. The van der Waals surface area contributed by atoms with Gasteiger partial charge in [0, 0.05) is 44.6 Å². The van der Waals surface area contributed by atoms with Crippen molar-refractivity contribution in [1.82, 2.24) is 14.7 Å². The van der Waals surface area contributed by atoms with Crippen LogP contribution in [0.5, 0.6) is 0 Å². The van der Waals surface area contributed by atoms with Gasteiger partial charge in [-0.1, -0.05) is 18.2 Å². The molecule has 1 aromatic carbocycles. The Kier molecular flexibility index (Phi) is 11.6. The van der Waals surface area contributed by atoms with Crippen molar-refractivity contribution in [2.45, 2.75) is 76.0 Å². The summed E-state index contributed by atoms with van der Waals surface area (Å²) in [5.74, 6) is -5.17. The van der Waals surface area contributed by atoms with Gasteiger partial charge in [-0.3, -0.25) is 14.5 Å². The molecule has 0 spiro atoms. The minimum absolute atomic E-state index is 0.0155. The van der Waals surface area contributed by atoms with Crippen LogP contribution in [0.25, 0.3) is 0 Å². The smallest absolute Gasteiger partial charge is 0.336 e. The van der Waals surface area contributed by atoms with Crippen molar-refractivity contribution in [2.24, 2.45) is 0 Å². The molecule has 2 unspecified atom stereocenters. The summed E-state index contributed by atoms with van der Waals surface area (Å²) in [6, 6.07) is 9.06. The maximum atomic E-state index is 14.2. The fourth-order valence-electron chi connectivity index (χ4n) is 4.71. The summed E-state index contributed by atoms with van der Waals surface area (Å²) in [5, 5.41) is 38.3. The first-order chi connectivity index (χ1) is 19.1. The van der Waals surface area contributed by atoms with Gasteiger partial charge < -0.3 is 29.9 Å². The summed E-state index contributed by atoms with van der Waals surface area (Å²) in [6.45, 7) is 3.67. The molecule has 0 radical (unpaired) electrons. The number of aliphatic hydroxyl groups is 1. The molecule has 220 valence electrons. The number of aliphatic carboxylic acids is 3. The fourth-order valence-corrected chi connectivity index (χ4v) is 4.71. The first-order valence-corrected chi connectivity index (χ1v) is 13.2. The number of nitrogens with zero attached hydrogens (tertiary/aromatic N) is 3. The molecular weight excluding hydrogens is 529 g/mol. The lowest BCUT2D eigenvalue weighted by molar-refractivity contribution is -0.170. The number of hydrogen-bond acceptors (Lipinski definition) is 8. The monoisotopic (exact) mass is 565 g/mol. The maximum Gasteiger partial charge on any atom is 0.336 e. The quantitative estimate of drug-likeness (QED) is 0.298. The Hall–Kier alpha value is -3.39. The van der Waals surface area contributed by atoms with E-state index in [-0.39, 0.29) is 18.1 Å². The number of hydrogen-bond donors (Lipinski definition) is 4. The van der Waals surface area contributed by atoms with Gasteiger partial charge in [0.05, 0.1) is 24.6 Å². The van der Waals surface area contributed by atoms with E-state index in [9.17, 15) is 18.8 Å². The van der Waals surface area contributed by atoms with Crippen molar-refractivity contribution in [3.63, 3.8) is 0 Å². The molecule has 0 saturated carbocycles. The molecule has 13 heteroatoms. The van der Waals surface area contributed by atoms with Gasteiger partial charge in [0.1, 0.15) is 5.82 Å². The van der Waals surface area contributed by atoms with Gasteiger partial charge in [-0.2, -0.15) is 5.10 Å². The molecule has 2 atom stereocenters. The third kappa shape index (κ3) is 9.37. The molecule has 12 nitrogen and oxygen atoms in total. The minimum atomic E-state index is -2.74. The Bertz CT molecular complexity index is 1110. The summed E-state index contributed by atoms with van der Waals surface area (Å²) >= 11 is 0. The highest BCUT2D eigenvalue weighted by Gasteiger charge is 2.40. The summed E-state index contributed by atoms with van der Waals surface area (Å²) in [7, 11) is 0. The second kappa shape index (κ2) is 14.8. The number of carboxylic acid groups (broad SMARTS) is 3. The number of rotatable bonds is 12. The van der Waals surface area contributed by atoms with E-state index >= 15 is 0 Å². The van der Waals surface area contributed by atoms with E-state index in [0.29, 0.717) is 13.1 Å². The molecule has 40 heavy (non-hydrogen) atoms. The van der Waals surface area contributed by atoms with E-state index in [2.05, 4.69) is 10.00 Å². The average Bonchev–Trinajstić information content (AvgIpc) is 3.57. The molecule has 3 heterocycles. The van der Waals surface area contributed by atoms with E-state index < -0.39 is 36.4 Å². The molecule has 0 amide bonds. The molecule has 2 aliphatic rings. The van der Waals surface area contributed by atoms with Crippen molar-refractivity contribution in [2.75, 3.05) is 19.8 Å². The highest BCUT2D eigenvalue weighted by molar-refractivity contribution is 5.88. The normalized spacial score (nSPS) is 19.2. The van der Waals surface area contributed by atoms with Crippen molar-refractivity contribution in [3.8, 4) is 0 Å². The predicted molar refractivity (Wildman–Crippen MR) is 138 cm³/mol. The fraction of sp³-hybridized carbons (Fsp3) is 0.556. The molecule has 2 aromatic rings. The Labute approximate surface area is 230 Å². The van der Waals surface area contributed by atoms with Crippen LogP contribution in [0.1, 0.15) is 62.4 Å². The summed E-state index contributed by atoms with van der Waals surface area (Å²) in [6.07, 6.45) is 5.23. The van der Waals surface area contributed by atoms with Crippen LogP contribution < -0.4 is 0 Å². The van der Waals surface area contributed by atoms with E-state index in [4.69, 9.17) is 29.9 Å². The zero-order valence-corrected chi connectivity index (χ0v) is 22.2. The van der Waals surface area contributed by atoms with Gasteiger partial charge in [0.2, 0.25) is 0 Å². The van der Waals surface area contributed by atoms with Crippen LogP contribution in [0.2, 0.25) is 0 Å². The zero-order chi connectivity index (χ0) is 29.1. The van der Waals surface area contributed by atoms with Crippen LogP contribution in [-0.4, -0.2) is 84.5 Å². The van der Waals surface area contributed by atoms with Crippen LogP contribution in [0.3, 0.4) is 0 Å². The summed E-state index contributed by atoms with van der Waals surface area (Å²) in [4.78, 5) is 32.8. The van der Waals surface area contributed by atoms with E-state index in [0.717, 1.165) is 56.7 Å². The second-order valence-electron chi connectivity index (χ2n) is 9.96. The molecule has 0 aliphatic carbocycles. The number of ether oxygens (including phenoxy) is 2. The van der Waals surface area contributed by atoms with Gasteiger partial charge in [-0.25, -0.2) is 13.9 Å². The summed E-state index contributed by atoms with van der Waals surface area (Å²) < 4.78 is 28.0. The van der Waals surface area contributed by atoms with E-state index in [1.54, 1.807) is 6.07 Å². The average molecular weight is 566 g/mol. The van der Waals surface area contributed by atoms with Crippen molar-refractivity contribution in [3.05, 3.63) is 53.6 Å². The molecule has 4 N–H and O–H groups in total. The van der Waals surface area contributed by atoms with Gasteiger partial charge in [-0.05, 0) is 44.2 Å². The van der Waals surface area contributed by atoms with Crippen molar-refractivity contribution >= 4 is 17.9 Å². The van der Waals surface area contributed by atoms with Crippen LogP contribution in [0.15, 0.2) is 36.5 Å². The molecule has 2 saturated heterocycles. The first-order valence-electron chi connectivity index (χ1n) is 13.2. The van der Waals surface area contributed by atoms with Gasteiger partial charge >= 0.3 is 17.9 Å². The van der Waals surface area contributed by atoms with Gasteiger partial charge in [0.25, 0.3) is 0 Å². The van der Waals surface area contributed by atoms with Crippen LogP contribution in [-0.2, 0) is 36.9 Å². The molecule has 1 aromatic heterocycles. The Balaban J connectivity index is 0.000000289. The Morgan fingerprint density at radius 3 is 2.25 bits per heavy atom. The lowest BCUT2D eigenvalue weighted by Gasteiger charge is -2.28. The van der Waals surface area contributed by atoms with Crippen LogP contribution in [0.4, 0.5) is 4.39 Å². The largest absolute Gasteiger partial charge is 0.481 e. The lowest BCUT2D eigenvalue weighted by Crippen LogP contribution is -2.42. The maximum absolute atomic E-state index is 14.2. The molecule has 2 fully saturated rings. The number of carbonyl (C=O) groups is 3. The third-order valence-electron chi connectivity index (χ3n) is 6.69. The molecule has 0 bridgehead atoms. The van der Waals surface area contributed by atoms with Crippen LogP contribution >= 0.6 is 0 Å². The van der Waals surface area contributed by atoms with Gasteiger partial charge in [0.15, 0.2) is 11.8 Å². The number of benzene rings is 1. The van der Waals surface area contributed by atoms with Crippen LogP contribution in [0, 0.1) is 5.82 Å². The number of aromatic nitrogens is 2. The number of halogens is 1. The van der Waals surface area contributed by atoms with Gasteiger partial charge in [-0.15, -0.1) is 0 Å². The molecular formula is C27H36FN3O9. The molecule has 4 rings (SSSR count). The highest BCUT2D eigenvalue weighted by atomic mass is 19.1. The standard InChI is InChI=1S/C21H28FN3O2.C6H8O7/c22-20-8-2-1-6-17(20)14-24(16-19-7-5-13-26-19)15-18-10-11-23-25(18)21-9-3-4-12-27-21;7-3(8)1-6(13,5(11)12)2-4(9)10/h1-2,6,8,10-11,19,21H,3-5,7,9,12-16H2;13H,1-2H2,(H,7,8)(H,9,10)(H,11,12). The minimum Gasteiger partial charge on any atom is -0.481 e. The topological polar surface area (TPSA) is 172 Å². The zero-order valence-electron chi connectivity index (χ0n) is 22.2.